The minimum atomic E-state index is -0.454. The van der Waals surface area contributed by atoms with Crippen molar-refractivity contribution >= 4 is 24.1 Å². The molecule has 0 aromatic heterocycles. The zero-order chi connectivity index (χ0) is 49.0. The van der Waals surface area contributed by atoms with Crippen molar-refractivity contribution in [2.45, 2.75) is 246 Å². The monoisotopic (exact) mass is 927 g/mol. The molecule has 1 aromatic rings. The molecule has 66 heavy (non-hydrogen) atoms. The van der Waals surface area contributed by atoms with Crippen molar-refractivity contribution in [3.05, 3.63) is 35.4 Å². The third-order valence-corrected chi connectivity index (χ3v) is 16.4. The lowest BCUT2D eigenvalue weighted by Crippen LogP contribution is -2.68. The van der Waals surface area contributed by atoms with Gasteiger partial charge in [-0.2, -0.15) is 0 Å². The quantitative estimate of drug-likeness (QED) is 0.0475. The number of nitrogens with one attached hydrogen (secondary N) is 2. The third-order valence-electron chi connectivity index (χ3n) is 16.4. The highest BCUT2D eigenvalue weighted by molar-refractivity contribution is 5.70. The van der Waals surface area contributed by atoms with Crippen LogP contribution < -0.4 is 10.6 Å². The highest BCUT2D eigenvalue weighted by Crippen LogP contribution is 2.48. The van der Waals surface area contributed by atoms with E-state index in [1.165, 1.54) is 25.7 Å². The fraction of sp³-hybridized carbons (Fsp3) is 0.815. The molecule has 12 nitrogen and oxygen atoms in total. The first-order valence-corrected chi connectivity index (χ1v) is 26.2. The number of carbonyl (C=O) groups excluding carboxylic acids is 4. The molecule has 0 spiro atoms. The topological polar surface area (TPSA) is 136 Å². The first kappa shape index (κ1) is 56.9. The van der Waals surface area contributed by atoms with Crippen LogP contribution in [0.2, 0.25) is 0 Å². The van der Waals surface area contributed by atoms with Gasteiger partial charge in [-0.25, -0.2) is 9.59 Å². The largest absolute Gasteiger partial charge is 0.464 e. The summed E-state index contributed by atoms with van der Waals surface area (Å²) in [6, 6.07) is 7.81. The molecule has 2 fully saturated rings. The van der Waals surface area contributed by atoms with Gasteiger partial charge in [0.05, 0.1) is 0 Å². The molecule has 1 aromatic carbocycles. The van der Waals surface area contributed by atoms with Crippen molar-refractivity contribution in [1.29, 1.82) is 0 Å². The molecule has 2 N–H and O–H groups in total. The van der Waals surface area contributed by atoms with Crippen LogP contribution in [0.1, 0.15) is 210 Å². The summed E-state index contributed by atoms with van der Waals surface area (Å²) in [5, 5.41) is 5.97. The summed E-state index contributed by atoms with van der Waals surface area (Å²) in [7, 11) is 0. The molecule has 12 heteroatoms. The van der Waals surface area contributed by atoms with Crippen LogP contribution >= 0.6 is 0 Å². The van der Waals surface area contributed by atoms with Crippen LogP contribution in [0.5, 0.6) is 0 Å². The fourth-order valence-electron chi connectivity index (χ4n) is 10.9. The van der Waals surface area contributed by atoms with Gasteiger partial charge in [-0.15, -0.1) is 0 Å². The van der Waals surface area contributed by atoms with Gasteiger partial charge in [0.2, 0.25) is 0 Å². The molecule has 2 aliphatic heterocycles. The second kappa shape index (κ2) is 27.6. The molecule has 3 rings (SSSR count). The number of benzene rings is 1. The number of unbranched alkanes of at least 4 members (excludes halogenated alkanes) is 8. The number of piperidine rings is 2. The number of ether oxygens (including phenoxy) is 4. The van der Waals surface area contributed by atoms with Crippen molar-refractivity contribution in [1.82, 2.24) is 20.4 Å². The van der Waals surface area contributed by atoms with Crippen LogP contribution in [0.4, 0.5) is 9.59 Å². The van der Waals surface area contributed by atoms with E-state index >= 15 is 0 Å². The third kappa shape index (κ3) is 15.8. The van der Waals surface area contributed by atoms with Crippen LogP contribution in [0.25, 0.3) is 0 Å². The average Bonchev–Trinajstić information content (AvgIpc) is 3.30. The predicted octanol–water partition coefficient (Wildman–Crippen LogP) is 12.0. The van der Waals surface area contributed by atoms with Gasteiger partial charge in [0.1, 0.15) is 25.4 Å². The zero-order valence-corrected chi connectivity index (χ0v) is 43.7. The lowest BCUT2D eigenvalue weighted by atomic mass is 9.68. The van der Waals surface area contributed by atoms with Gasteiger partial charge >= 0.3 is 24.1 Å². The van der Waals surface area contributed by atoms with Gasteiger partial charge in [-0.05, 0) is 77.3 Å². The molecule has 378 valence electrons. The predicted molar refractivity (Wildman–Crippen MR) is 265 cm³/mol. The zero-order valence-electron chi connectivity index (χ0n) is 43.7. The Balaban J connectivity index is 1.53. The number of alkyl carbamates (subject to hydrolysis) is 2. The first-order valence-electron chi connectivity index (χ1n) is 26.2. The maximum atomic E-state index is 13.4. The Labute approximate surface area is 401 Å². The number of rotatable bonds is 28. The van der Waals surface area contributed by atoms with Crippen molar-refractivity contribution in [2.24, 2.45) is 11.8 Å². The molecule has 8 atom stereocenters. The van der Waals surface area contributed by atoms with E-state index in [2.05, 4.69) is 104 Å². The minimum Gasteiger partial charge on any atom is -0.464 e. The molecule has 0 radical (unpaired) electrons. The smallest absolute Gasteiger partial charge is 0.407 e. The molecule has 2 saturated heterocycles. The summed E-state index contributed by atoms with van der Waals surface area (Å²) in [6.45, 7) is 28.9. The number of hydrogen-bond donors (Lipinski definition) is 2. The Morgan fingerprint density at radius 2 is 0.955 bits per heavy atom. The van der Waals surface area contributed by atoms with Gasteiger partial charge in [-0.3, -0.25) is 19.4 Å². The van der Waals surface area contributed by atoms with Crippen LogP contribution in [0.3, 0.4) is 0 Å². The Bertz CT molecular complexity index is 1530. The summed E-state index contributed by atoms with van der Waals surface area (Å²) in [5.74, 6) is -0.152. The van der Waals surface area contributed by atoms with Crippen LogP contribution in [0.15, 0.2) is 24.3 Å². The van der Waals surface area contributed by atoms with E-state index in [0.29, 0.717) is 52.0 Å². The number of likely N-dealkylation sites (tertiary alicyclic amines) is 2. The Hall–Kier alpha value is -3.38. The Morgan fingerprint density at radius 1 is 0.576 bits per heavy atom. The summed E-state index contributed by atoms with van der Waals surface area (Å²) < 4.78 is 23.9. The maximum Gasteiger partial charge on any atom is 0.407 e. The van der Waals surface area contributed by atoms with E-state index in [1.807, 2.05) is 24.3 Å². The van der Waals surface area contributed by atoms with Crippen LogP contribution in [-0.4, -0.2) is 94.6 Å². The number of esters is 2. The van der Waals surface area contributed by atoms with E-state index in [9.17, 15) is 19.2 Å². The summed E-state index contributed by atoms with van der Waals surface area (Å²) in [4.78, 5) is 56.9. The maximum absolute atomic E-state index is 13.4. The molecule has 0 saturated carbocycles. The normalized spacial score (nSPS) is 28.1. The molecule has 2 aliphatic rings. The van der Waals surface area contributed by atoms with E-state index in [4.69, 9.17) is 18.9 Å². The molecule has 2 amide bonds. The fourth-order valence-corrected chi connectivity index (χ4v) is 10.9. The standard InChI is InChI=1S/C54H94N4O8/c1-13-19-21-23-25-30-47(59)63-34-32-57-51(9,15-3)37-45(41(7)53(57,11)17-5)65-49(61)55-39-43-28-27-29-44(36-43)40-56-50(62)66-46-38-52(10,16-4)58(54(12,18-6)42(46)8)33-35-64-48(60)31-26-24-22-20-14-2/h27-29,36,41-42,45-46H,13-26,30-35,37-40H2,1-12H3,(H,55,61)(H,56,62). The molecule has 0 aliphatic carbocycles. The number of nitrogens with zero attached hydrogens (tertiary/aromatic N) is 2. The van der Waals surface area contributed by atoms with Gasteiger partial charge in [-0.1, -0.05) is 131 Å². The van der Waals surface area contributed by atoms with Crippen molar-refractivity contribution in [2.75, 3.05) is 26.3 Å². The van der Waals surface area contributed by atoms with Crippen LogP contribution in [-0.2, 0) is 41.6 Å². The number of carbonyl (C=O) groups is 4. The van der Waals surface area contributed by atoms with Crippen molar-refractivity contribution in [3.8, 4) is 0 Å². The van der Waals surface area contributed by atoms with Crippen LogP contribution in [0, 0.1) is 11.8 Å². The number of amides is 2. The molecule has 8 unspecified atom stereocenters. The lowest BCUT2D eigenvalue weighted by molar-refractivity contribution is -0.156. The highest BCUT2D eigenvalue weighted by atomic mass is 16.6. The van der Waals surface area contributed by atoms with Gasteiger partial charge in [0, 0.05) is 85.9 Å². The second-order valence-electron chi connectivity index (χ2n) is 20.6. The Morgan fingerprint density at radius 3 is 1.30 bits per heavy atom. The average molecular weight is 927 g/mol. The van der Waals surface area contributed by atoms with E-state index in [-0.39, 0.29) is 71.2 Å². The van der Waals surface area contributed by atoms with Crippen molar-refractivity contribution < 1.29 is 38.1 Å². The second-order valence-corrected chi connectivity index (χ2v) is 20.6. The van der Waals surface area contributed by atoms with Gasteiger partial charge < -0.3 is 29.6 Å². The minimum absolute atomic E-state index is 0.0457. The lowest BCUT2D eigenvalue weighted by Gasteiger charge is -2.60. The summed E-state index contributed by atoms with van der Waals surface area (Å²) >= 11 is 0. The molecular formula is C54H94N4O8. The SMILES string of the molecule is CCCCCCCC(=O)OCCN1C(C)(CC)CC(OC(=O)NCc2cccc(CNC(=O)OC3CC(C)(CC)N(CCOC(=O)CCCCCCC)C(C)(CC)C3C)c2)C(C)C1(C)CC. The van der Waals surface area contributed by atoms with Crippen molar-refractivity contribution in [3.63, 3.8) is 0 Å². The first-order chi connectivity index (χ1) is 31.4. The summed E-state index contributed by atoms with van der Waals surface area (Å²) in [6.07, 6.45) is 15.2. The van der Waals surface area contributed by atoms with E-state index in [0.717, 1.165) is 75.3 Å². The number of hydrogen-bond acceptors (Lipinski definition) is 10. The van der Waals surface area contributed by atoms with Gasteiger partial charge in [0.15, 0.2) is 0 Å². The van der Waals surface area contributed by atoms with Gasteiger partial charge in [0.25, 0.3) is 0 Å². The molecule has 0 bridgehead atoms. The van der Waals surface area contributed by atoms with E-state index < -0.39 is 12.2 Å². The summed E-state index contributed by atoms with van der Waals surface area (Å²) in [5.41, 5.74) is 0.754. The highest BCUT2D eigenvalue weighted by Gasteiger charge is 2.55. The van der Waals surface area contributed by atoms with E-state index in [1.54, 1.807) is 0 Å². The Kier molecular flexibility index (Phi) is 23.8. The molecular weight excluding hydrogens is 833 g/mol. The molecule has 2 heterocycles.